The Bertz CT molecular complexity index is 1140. The highest BCUT2D eigenvalue weighted by Crippen LogP contribution is 2.34. The van der Waals surface area contributed by atoms with Crippen LogP contribution in [0.4, 0.5) is 5.69 Å². The average Bonchev–Trinajstić information content (AvgIpc) is 3.23. The minimum atomic E-state index is -0.266. The highest BCUT2D eigenvalue weighted by Gasteiger charge is 2.21. The molecular weight excluding hydrogens is 332 g/mol. The molecule has 2 heterocycles. The summed E-state index contributed by atoms with van der Waals surface area (Å²) in [7, 11) is 0. The maximum Gasteiger partial charge on any atom is 0.307 e. The number of H-pyrrole nitrogens is 1. The first-order chi connectivity index (χ1) is 12.1. The van der Waals surface area contributed by atoms with E-state index in [1.165, 1.54) is 0 Å². The molecule has 0 amide bonds. The lowest BCUT2D eigenvalue weighted by molar-refractivity contribution is 0.454. The summed E-state index contributed by atoms with van der Waals surface area (Å²) in [5.74, 6) is -0.0802. The lowest BCUT2D eigenvalue weighted by Gasteiger charge is -2.16. The minimum absolute atomic E-state index is 0.000880. The maximum atomic E-state index is 11.8. The van der Waals surface area contributed by atoms with E-state index in [2.05, 4.69) is 29.0 Å². The Morgan fingerprint density at radius 1 is 1.16 bits per heavy atom. The van der Waals surface area contributed by atoms with E-state index < -0.39 is 0 Å². The van der Waals surface area contributed by atoms with Crippen molar-refractivity contribution in [2.75, 3.05) is 0 Å². The zero-order valence-corrected chi connectivity index (χ0v) is 14.4. The number of fused-ring (bicyclic) bond motifs is 1. The summed E-state index contributed by atoms with van der Waals surface area (Å²) in [5.41, 5.74) is 2.94. The van der Waals surface area contributed by atoms with E-state index in [1.54, 1.807) is 6.21 Å². The monoisotopic (exact) mass is 348 g/mol. The van der Waals surface area contributed by atoms with Crippen molar-refractivity contribution in [3.8, 4) is 5.88 Å². The number of aromatic amines is 1. The summed E-state index contributed by atoms with van der Waals surface area (Å²) in [6, 6.07) is 16.0. The van der Waals surface area contributed by atoms with Crippen LogP contribution in [0.15, 0.2) is 58.3 Å². The van der Waals surface area contributed by atoms with Gasteiger partial charge in [0.25, 0.3) is 0 Å². The van der Waals surface area contributed by atoms with Crippen LogP contribution in [0.3, 0.4) is 0 Å². The Labute approximate surface area is 148 Å². The van der Waals surface area contributed by atoms with Crippen LogP contribution in [-0.2, 0) is 0 Å². The molecule has 0 saturated carbocycles. The van der Waals surface area contributed by atoms with Crippen molar-refractivity contribution in [2.24, 2.45) is 4.99 Å². The number of aromatic nitrogens is 1. The van der Waals surface area contributed by atoms with Crippen molar-refractivity contribution >= 4 is 34.9 Å². The summed E-state index contributed by atoms with van der Waals surface area (Å²) >= 11 is 1.03. The van der Waals surface area contributed by atoms with Gasteiger partial charge in [0, 0.05) is 17.4 Å². The molecule has 0 radical (unpaired) electrons. The van der Waals surface area contributed by atoms with E-state index >= 15 is 0 Å². The molecule has 2 aromatic carbocycles. The Hall–Kier alpha value is -2.92. The molecule has 0 spiro atoms. The fourth-order valence-electron chi connectivity index (χ4n) is 3.23. The summed E-state index contributed by atoms with van der Waals surface area (Å²) in [5, 5.41) is 12.3. The molecule has 1 aliphatic rings. The number of nitrogens with zero attached hydrogens (tertiary/aromatic N) is 1. The zero-order valence-electron chi connectivity index (χ0n) is 13.6. The van der Waals surface area contributed by atoms with Crippen LogP contribution >= 0.6 is 11.3 Å². The van der Waals surface area contributed by atoms with Crippen LogP contribution in [-0.4, -0.2) is 16.3 Å². The van der Waals surface area contributed by atoms with Crippen molar-refractivity contribution in [1.82, 2.24) is 4.98 Å². The van der Waals surface area contributed by atoms with Crippen LogP contribution in [0, 0.1) is 0 Å². The van der Waals surface area contributed by atoms with Crippen molar-refractivity contribution in [3.63, 3.8) is 0 Å². The van der Waals surface area contributed by atoms with Crippen LogP contribution in [0.1, 0.15) is 23.3 Å². The second kappa shape index (κ2) is 6.18. The van der Waals surface area contributed by atoms with Gasteiger partial charge in [0.2, 0.25) is 5.88 Å². The van der Waals surface area contributed by atoms with Crippen LogP contribution in [0.5, 0.6) is 5.88 Å². The number of hydrogen-bond acceptors (Lipinski definition) is 4. The molecule has 5 heteroatoms. The molecule has 0 fully saturated rings. The van der Waals surface area contributed by atoms with E-state index in [1.807, 2.05) is 42.5 Å². The fourth-order valence-corrected chi connectivity index (χ4v) is 4.11. The van der Waals surface area contributed by atoms with E-state index in [9.17, 15) is 9.90 Å². The van der Waals surface area contributed by atoms with E-state index in [-0.39, 0.29) is 16.7 Å². The predicted octanol–water partition coefficient (Wildman–Crippen LogP) is 2.64. The third-order valence-electron chi connectivity index (χ3n) is 4.44. The van der Waals surface area contributed by atoms with Crippen molar-refractivity contribution in [2.45, 2.75) is 12.8 Å². The molecular formula is C20H16N2O2S. The number of hydrogen-bond donors (Lipinski definition) is 2. The summed E-state index contributed by atoms with van der Waals surface area (Å²) in [4.78, 5) is 19.0. The molecule has 4 rings (SSSR count). The average molecular weight is 348 g/mol. The van der Waals surface area contributed by atoms with Gasteiger partial charge in [-0.1, -0.05) is 60.7 Å². The van der Waals surface area contributed by atoms with Gasteiger partial charge in [-0.15, -0.1) is 0 Å². The van der Waals surface area contributed by atoms with Gasteiger partial charge in [0.05, 0.1) is 10.6 Å². The van der Waals surface area contributed by atoms with Crippen molar-refractivity contribution in [1.29, 1.82) is 0 Å². The first-order valence-electron chi connectivity index (χ1n) is 8.00. The van der Waals surface area contributed by atoms with Gasteiger partial charge >= 0.3 is 4.87 Å². The maximum absolute atomic E-state index is 11.8. The molecule has 25 heavy (non-hydrogen) atoms. The first kappa shape index (κ1) is 15.6. The molecule has 1 atom stereocenters. The SMILES string of the molecule is CC(C(c1sc(=O)[nH]c1O)=c1cccc2c1=CC=N2)c1ccccc1. The molecule has 124 valence electrons. The van der Waals surface area contributed by atoms with Crippen molar-refractivity contribution in [3.05, 3.63) is 79.1 Å². The van der Waals surface area contributed by atoms with Crippen LogP contribution < -0.4 is 15.3 Å². The zero-order chi connectivity index (χ0) is 17.4. The number of aromatic hydroxyl groups is 1. The molecule has 0 bridgehead atoms. The fraction of sp³-hybridized carbons (Fsp3) is 0.100. The summed E-state index contributed by atoms with van der Waals surface area (Å²) in [6.45, 7) is 2.09. The minimum Gasteiger partial charge on any atom is -0.493 e. The molecule has 1 aliphatic heterocycles. The van der Waals surface area contributed by atoms with Gasteiger partial charge in [-0.3, -0.25) is 14.8 Å². The van der Waals surface area contributed by atoms with Gasteiger partial charge in [0.15, 0.2) is 0 Å². The molecule has 0 aliphatic carbocycles. The molecule has 1 unspecified atom stereocenters. The Morgan fingerprint density at radius 3 is 2.68 bits per heavy atom. The molecule has 4 nitrogen and oxygen atoms in total. The molecule has 1 aromatic heterocycles. The first-order valence-corrected chi connectivity index (χ1v) is 8.82. The molecule has 3 aromatic rings. The van der Waals surface area contributed by atoms with Gasteiger partial charge < -0.3 is 5.11 Å². The number of benzene rings is 2. The lowest BCUT2D eigenvalue weighted by Crippen LogP contribution is -2.28. The second-order valence-electron chi connectivity index (χ2n) is 5.92. The van der Waals surface area contributed by atoms with Crippen LogP contribution in [0.25, 0.3) is 11.6 Å². The third kappa shape index (κ3) is 2.72. The predicted molar refractivity (Wildman–Crippen MR) is 102 cm³/mol. The van der Waals surface area contributed by atoms with E-state index in [0.29, 0.717) is 4.88 Å². The highest BCUT2D eigenvalue weighted by atomic mass is 32.1. The molecule has 0 saturated heterocycles. The van der Waals surface area contributed by atoms with Gasteiger partial charge in [-0.2, -0.15) is 0 Å². The Kier molecular flexibility index (Phi) is 3.86. The highest BCUT2D eigenvalue weighted by molar-refractivity contribution is 7.10. The van der Waals surface area contributed by atoms with E-state index in [4.69, 9.17) is 0 Å². The van der Waals surface area contributed by atoms with E-state index in [0.717, 1.165) is 38.6 Å². The van der Waals surface area contributed by atoms with Crippen LogP contribution in [0.2, 0.25) is 0 Å². The quantitative estimate of drug-likeness (QED) is 0.764. The number of aliphatic imine (C=N–C) groups is 1. The normalized spacial score (nSPS) is 14.8. The largest absolute Gasteiger partial charge is 0.493 e. The number of rotatable bonds is 3. The Balaban J connectivity index is 2.09. The Morgan fingerprint density at radius 2 is 1.96 bits per heavy atom. The van der Waals surface area contributed by atoms with Gasteiger partial charge in [-0.25, -0.2) is 0 Å². The van der Waals surface area contributed by atoms with Gasteiger partial charge in [0.1, 0.15) is 0 Å². The second-order valence-corrected chi connectivity index (χ2v) is 6.90. The van der Waals surface area contributed by atoms with Gasteiger partial charge in [-0.05, 0) is 28.5 Å². The summed E-state index contributed by atoms with van der Waals surface area (Å²) < 4.78 is 0. The number of thiazole rings is 1. The lowest BCUT2D eigenvalue weighted by atomic mass is 9.89. The van der Waals surface area contributed by atoms with Crippen molar-refractivity contribution < 1.29 is 5.11 Å². The topological polar surface area (TPSA) is 65.5 Å². The summed E-state index contributed by atoms with van der Waals surface area (Å²) in [6.07, 6.45) is 3.74. The standard InChI is InChI=1S/C20H16N2O2S/c1-12(13-6-3-2-4-7-13)17(18-19(23)22-20(24)25-18)15-8-5-9-16-14(15)10-11-21-16/h2-12,23H,1H3,(H,22,24). The molecule has 2 N–H and O–H groups in total. The smallest absolute Gasteiger partial charge is 0.307 e. The number of nitrogens with one attached hydrogen (secondary N) is 1. The third-order valence-corrected chi connectivity index (χ3v) is 5.34.